The SMILES string of the molecule is Cc1cnc(-c2[c-]cc(-c3ccccc3)cc2)cc1C.[2H]C([2H])([2H])c1cnc(-c2[c-]cccc2)cc1C.[Ir]. The van der Waals surface area contributed by atoms with E-state index in [4.69, 9.17) is 4.11 Å². The first-order valence-electron chi connectivity index (χ1n) is 12.7. The Balaban J connectivity index is 0.000000208. The fraction of sp³-hybridized carbons (Fsp3) is 0.125. The third-order valence-electron chi connectivity index (χ3n) is 5.66. The summed E-state index contributed by atoms with van der Waals surface area (Å²) >= 11 is 0. The van der Waals surface area contributed by atoms with Crippen LogP contribution >= 0.6 is 0 Å². The van der Waals surface area contributed by atoms with E-state index in [0.29, 0.717) is 5.56 Å². The summed E-state index contributed by atoms with van der Waals surface area (Å²) in [6.07, 6.45) is 3.35. The van der Waals surface area contributed by atoms with Crippen LogP contribution in [0.2, 0.25) is 0 Å². The van der Waals surface area contributed by atoms with Crippen molar-refractivity contribution < 1.29 is 24.2 Å². The normalized spacial score (nSPS) is 11.7. The molecule has 0 saturated carbocycles. The molecule has 0 aliphatic carbocycles. The van der Waals surface area contributed by atoms with Crippen molar-refractivity contribution in [2.24, 2.45) is 0 Å². The summed E-state index contributed by atoms with van der Waals surface area (Å²) in [6, 6.07) is 34.4. The van der Waals surface area contributed by atoms with E-state index in [1.165, 1.54) is 28.5 Å². The van der Waals surface area contributed by atoms with E-state index in [0.717, 1.165) is 28.1 Å². The number of benzene rings is 3. The molecule has 2 aromatic heterocycles. The van der Waals surface area contributed by atoms with Gasteiger partial charge in [-0.2, -0.15) is 0 Å². The van der Waals surface area contributed by atoms with Crippen molar-refractivity contribution in [1.82, 2.24) is 9.97 Å². The second-order valence-electron chi connectivity index (χ2n) is 8.17. The molecule has 3 heteroatoms. The average Bonchev–Trinajstić information content (AvgIpc) is 2.91. The Morgan fingerprint density at radius 1 is 0.629 bits per heavy atom. The van der Waals surface area contributed by atoms with Gasteiger partial charge >= 0.3 is 0 Å². The first-order chi connectivity index (χ1) is 17.7. The van der Waals surface area contributed by atoms with Gasteiger partial charge in [0.05, 0.1) is 0 Å². The molecular weight excluding hydrogens is 605 g/mol. The number of nitrogens with zero attached hydrogens (tertiary/aromatic N) is 2. The number of aromatic nitrogens is 2. The van der Waals surface area contributed by atoms with Crippen LogP contribution in [0.1, 0.15) is 26.4 Å². The van der Waals surface area contributed by atoms with Crippen LogP contribution in [0.5, 0.6) is 0 Å². The Kier molecular flexibility index (Phi) is 7.80. The van der Waals surface area contributed by atoms with Gasteiger partial charge in [-0.1, -0.05) is 64.7 Å². The van der Waals surface area contributed by atoms with Crippen LogP contribution in [0, 0.1) is 39.8 Å². The Hall–Kier alpha value is -3.39. The smallest absolute Gasteiger partial charge is 0.0280 e. The predicted molar refractivity (Wildman–Crippen MR) is 141 cm³/mol. The molecule has 0 saturated heterocycles. The number of hydrogen-bond donors (Lipinski definition) is 0. The average molecular weight is 636 g/mol. The van der Waals surface area contributed by atoms with Gasteiger partial charge in [-0.05, 0) is 50.1 Å². The van der Waals surface area contributed by atoms with Crippen molar-refractivity contribution in [3.05, 3.63) is 132 Å². The maximum Gasteiger partial charge on any atom is 0.0280 e. The second-order valence-corrected chi connectivity index (χ2v) is 8.17. The molecule has 2 heterocycles. The Morgan fingerprint density at radius 3 is 1.80 bits per heavy atom. The van der Waals surface area contributed by atoms with E-state index in [1.807, 2.05) is 54.7 Å². The van der Waals surface area contributed by atoms with Crippen LogP contribution in [0.3, 0.4) is 0 Å². The summed E-state index contributed by atoms with van der Waals surface area (Å²) in [5.41, 5.74) is 9.53. The van der Waals surface area contributed by atoms with Crippen molar-refractivity contribution in [1.29, 1.82) is 0 Å². The van der Waals surface area contributed by atoms with Crippen LogP contribution in [0.25, 0.3) is 33.6 Å². The molecule has 0 amide bonds. The summed E-state index contributed by atoms with van der Waals surface area (Å²) in [4.78, 5) is 8.67. The van der Waals surface area contributed by atoms with Crippen molar-refractivity contribution in [2.75, 3.05) is 0 Å². The van der Waals surface area contributed by atoms with E-state index >= 15 is 0 Å². The summed E-state index contributed by atoms with van der Waals surface area (Å²) < 4.78 is 22.1. The molecule has 35 heavy (non-hydrogen) atoms. The molecular formula is C32H28IrN2-2. The standard InChI is InChI=1S/C19H16N.C13H12N.Ir/c1-14-12-19(20-13-15(14)2)18-10-8-17(9-11-18)16-6-4-3-5-7-16;1-10-8-13(14-9-11(10)2)12-6-4-3-5-7-12;/h3-10,12-13H,1-2H3;3-6,8-9H,1-2H3;/q2*-1;/i;2D3;. The summed E-state index contributed by atoms with van der Waals surface area (Å²) in [5.74, 6) is 0. The zero-order valence-electron chi connectivity index (χ0n) is 23.0. The molecule has 0 spiro atoms. The Labute approximate surface area is 226 Å². The molecule has 0 aliphatic rings. The minimum Gasteiger partial charge on any atom is -0.304 e. The van der Waals surface area contributed by atoms with Crippen molar-refractivity contribution >= 4 is 0 Å². The molecule has 0 bridgehead atoms. The van der Waals surface area contributed by atoms with E-state index in [9.17, 15) is 0 Å². The summed E-state index contributed by atoms with van der Waals surface area (Å²) in [6.45, 7) is 3.87. The molecule has 2 nitrogen and oxygen atoms in total. The third-order valence-corrected chi connectivity index (χ3v) is 5.66. The molecule has 0 unspecified atom stereocenters. The number of hydrogen-bond acceptors (Lipinski definition) is 2. The fourth-order valence-electron chi connectivity index (χ4n) is 3.42. The second kappa shape index (κ2) is 12.4. The number of rotatable bonds is 3. The first-order valence-corrected chi connectivity index (χ1v) is 11.2. The van der Waals surface area contributed by atoms with Gasteiger partial charge < -0.3 is 9.97 Å². The fourth-order valence-corrected chi connectivity index (χ4v) is 3.42. The van der Waals surface area contributed by atoms with Crippen LogP contribution in [-0.4, -0.2) is 9.97 Å². The largest absolute Gasteiger partial charge is 0.304 e. The zero-order chi connectivity index (χ0) is 26.4. The van der Waals surface area contributed by atoms with Crippen LogP contribution in [0.4, 0.5) is 0 Å². The minimum absolute atomic E-state index is 0. The van der Waals surface area contributed by atoms with Gasteiger partial charge in [0.1, 0.15) is 0 Å². The van der Waals surface area contributed by atoms with Gasteiger partial charge in [-0.25, -0.2) is 0 Å². The van der Waals surface area contributed by atoms with Gasteiger partial charge in [0.15, 0.2) is 0 Å². The maximum absolute atomic E-state index is 7.37. The topological polar surface area (TPSA) is 25.8 Å². The number of aryl methyl sites for hydroxylation is 4. The van der Waals surface area contributed by atoms with Gasteiger partial charge in [-0.15, -0.1) is 65.7 Å². The van der Waals surface area contributed by atoms with Gasteiger partial charge in [0.25, 0.3) is 0 Å². The van der Waals surface area contributed by atoms with E-state index < -0.39 is 6.85 Å². The molecule has 0 aliphatic heterocycles. The van der Waals surface area contributed by atoms with Gasteiger partial charge in [0.2, 0.25) is 0 Å². The van der Waals surface area contributed by atoms with Crippen LogP contribution < -0.4 is 0 Å². The van der Waals surface area contributed by atoms with Crippen LogP contribution in [-0.2, 0) is 20.1 Å². The first kappa shape index (κ1) is 22.1. The third kappa shape index (κ3) is 6.82. The molecule has 0 N–H and O–H groups in total. The molecule has 177 valence electrons. The van der Waals surface area contributed by atoms with E-state index in [1.54, 1.807) is 13.0 Å². The molecule has 1 radical (unpaired) electrons. The zero-order valence-corrected chi connectivity index (χ0v) is 22.4. The van der Waals surface area contributed by atoms with Gasteiger partial charge in [0, 0.05) is 36.6 Å². The van der Waals surface area contributed by atoms with Crippen molar-refractivity contribution in [3.8, 4) is 33.6 Å². The molecule has 0 atom stereocenters. The van der Waals surface area contributed by atoms with Crippen LogP contribution in [0.15, 0.2) is 97.3 Å². The molecule has 3 aromatic carbocycles. The quantitative estimate of drug-likeness (QED) is 0.188. The van der Waals surface area contributed by atoms with Crippen molar-refractivity contribution in [3.63, 3.8) is 0 Å². The molecule has 5 rings (SSSR count). The minimum atomic E-state index is -2.10. The Morgan fingerprint density at radius 2 is 1.26 bits per heavy atom. The van der Waals surface area contributed by atoms with E-state index in [2.05, 4.69) is 66.3 Å². The molecule has 0 fully saturated rings. The Bertz CT molecular complexity index is 1470. The van der Waals surface area contributed by atoms with E-state index in [-0.39, 0.29) is 20.1 Å². The number of pyridine rings is 2. The summed E-state index contributed by atoms with van der Waals surface area (Å²) in [7, 11) is 0. The predicted octanol–water partition coefficient (Wildman–Crippen LogP) is 8.00. The molecule has 5 aromatic rings. The monoisotopic (exact) mass is 636 g/mol. The maximum atomic E-state index is 7.37. The van der Waals surface area contributed by atoms with Crippen molar-refractivity contribution in [2.45, 2.75) is 27.6 Å². The summed E-state index contributed by atoms with van der Waals surface area (Å²) in [5, 5.41) is 0. The van der Waals surface area contributed by atoms with Gasteiger partial charge in [-0.3, -0.25) is 0 Å².